The molecule has 0 radical (unpaired) electrons. The van der Waals surface area contributed by atoms with Crippen LogP contribution in [0.4, 0.5) is 0 Å². The van der Waals surface area contributed by atoms with Crippen molar-refractivity contribution in [3.63, 3.8) is 0 Å². The lowest BCUT2D eigenvalue weighted by atomic mass is 10.0. The summed E-state index contributed by atoms with van der Waals surface area (Å²) >= 11 is 0. The van der Waals surface area contributed by atoms with Crippen molar-refractivity contribution in [2.75, 3.05) is 6.54 Å². The molecule has 1 aromatic carbocycles. The molecule has 3 heterocycles. The van der Waals surface area contributed by atoms with Crippen molar-refractivity contribution < 1.29 is 4.42 Å². The number of aryl methyl sites for hydroxylation is 1. The van der Waals surface area contributed by atoms with Gasteiger partial charge < -0.3 is 14.3 Å². The highest BCUT2D eigenvalue weighted by Gasteiger charge is 2.26. The summed E-state index contributed by atoms with van der Waals surface area (Å²) in [6.45, 7) is 3.70. The van der Waals surface area contributed by atoms with Crippen LogP contribution >= 0.6 is 0 Å². The second-order valence-electron chi connectivity index (χ2n) is 5.28. The molecule has 1 N–H and O–H groups in total. The van der Waals surface area contributed by atoms with E-state index in [1.165, 1.54) is 5.56 Å². The van der Waals surface area contributed by atoms with Gasteiger partial charge in [-0.2, -0.15) is 0 Å². The number of hydrogen-bond donors (Lipinski definition) is 1. The van der Waals surface area contributed by atoms with Gasteiger partial charge in [0.1, 0.15) is 12.0 Å². The van der Waals surface area contributed by atoms with Crippen LogP contribution in [-0.4, -0.2) is 21.3 Å². The zero-order valence-corrected chi connectivity index (χ0v) is 11.8. The lowest BCUT2D eigenvalue weighted by Gasteiger charge is -2.25. The Bertz CT molecular complexity index is 760. The van der Waals surface area contributed by atoms with Crippen molar-refractivity contribution in [3.8, 4) is 11.4 Å². The molecule has 1 aliphatic rings. The van der Waals surface area contributed by atoms with Crippen LogP contribution in [0.3, 0.4) is 0 Å². The second-order valence-corrected chi connectivity index (χ2v) is 5.28. The summed E-state index contributed by atoms with van der Waals surface area (Å²) in [5.41, 5.74) is 2.20. The van der Waals surface area contributed by atoms with Crippen molar-refractivity contribution in [2.45, 2.75) is 19.5 Å². The Labute approximate surface area is 122 Å². The molecule has 4 rings (SSSR count). The van der Waals surface area contributed by atoms with Crippen molar-refractivity contribution in [3.05, 3.63) is 59.8 Å². The maximum Gasteiger partial charge on any atom is 0.167 e. The Hall–Kier alpha value is -2.40. The standard InChI is InChI=1S/C16H16N4O/c1-11-9-13(10-21-11)15-18-19-16-14(17-7-8-20(15)16)12-5-3-2-4-6-12/h2-6,9-10,14,17H,7-8H2,1H3. The van der Waals surface area contributed by atoms with E-state index in [1.807, 2.05) is 31.2 Å². The molecule has 0 saturated heterocycles. The molecular formula is C16H16N4O. The molecule has 0 spiro atoms. The number of aromatic nitrogens is 3. The molecule has 0 bridgehead atoms. The van der Waals surface area contributed by atoms with Gasteiger partial charge in [0.05, 0.1) is 11.6 Å². The lowest BCUT2D eigenvalue weighted by Crippen LogP contribution is -2.34. The van der Waals surface area contributed by atoms with Crippen LogP contribution < -0.4 is 5.32 Å². The molecule has 1 unspecified atom stereocenters. The van der Waals surface area contributed by atoms with Gasteiger partial charge in [-0.3, -0.25) is 0 Å². The first-order valence-electron chi connectivity index (χ1n) is 7.10. The molecule has 5 nitrogen and oxygen atoms in total. The number of nitrogens with one attached hydrogen (secondary N) is 1. The van der Waals surface area contributed by atoms with Crippen LogP contribution in [0, 0.1) is 6.92 Å². The van der Waals surface area contributed by atoms with Crippen molar-refractivity contribution in [1.82, 2.24) is 20.1 Å². The highest BCUT2D eigenvalue weighted by molar-refractivity contribution is 5.54. The molecule has 1 aliphatic heterocycles. The van der Waals surface area contributed by atoms with E-state index in [1.54, 1.807) is 6.26 Å². The fourth-order valence-corrected chi connectivity index (χ4v) is 2.85. The van der Waals surface area contributed by atoms with Crippen LogP contribution in [0.15, 0.2) is 47.1 Å². The molecule has 5 heteroatoms. The predicted octanol–water partition coefficient (Wildman–Crippen LogP) is 2.54. The van der Waals surface area contributed by atoms with Crippen LogP contribution in [0.5, 0.6) is 0 Å². The van der Waals surface area contributed by atoms with Gasteiger partial charge in [-0.05, 0) is 18.6 Å². The monoisotopic (exact) mass is 280 g/mol. The third-order valence-electron chi connectivity index (χ3n) is 3.84. The number of nitrogens with zero attached hydrogens (tertiary/aromatic N) is 3. The Balaban J connectivity index is 1.79. The van der Waals surface area contributed by atoms with Gasteiger partial charge in [0, 0.05) is 13.1 Å². The van der Waals surface area contributed by atoms with E-state index >= 15 is 0 Å². The van der Waals surface area contributed by atoms with E-state index in [9.17, 15) is 0 Å². The maximum absolute atomic E-state index is 5.39. The molecule has 0 saturated carbocycles. The predicted molar refractivity (Wildman–Crippen MR) is 78.7 cm³/mol. The van der Waals surface area contributed by atoms with Crippen molar-refractivity contribution >= 4 is 0 Å². The summed E-state index contributed by atoms with van der Waals surface area (Å²) in [5.74, 6) is 2.72. The average Bonchev–Trinajstić information content (AvgIpc) is 3.13. The minimum absolute atomic E-state index is 0.0918. The third-order valence-corrected chi connectivity index (χ3v) is 3.84. The number of benzene rings is 1. The summed E-state index contributed by atoms with van der Waals surface area (Å²) in [7, 11) is 0. The molecule has 106 valence electrons. The first kappa shape index (κ1) is 12.3. The van der Waals surface area contributed by atoms with Gasteiger partial charge >= 0.3 is 0 Å². The second kappa shape index (κ2) is 4.86. The van der Waals surface area contributed by atoms with Crippen LogP contribution in [0.2, 0.25) is 0 Å². The quantitative estimate of drug-likeness (QED) is 0.783. The van der Waals surface area contributed by atoms with E-state index in [0.717, 1.165) is 36.1 Å². The molecule has 21 heavy (non-hydrogen) atoms. The summed E-state index contributed by atoms with van der Waals surface area (Å²) < 4.78 is 7.57. The van der Waals surface area contributed by atoms with Crippen molar-refractivity contribution in [1.29, 1.82) is 0 Å². The summed E-state index contributed by atoms with van der Waals surface area (Å²) in [6, 6.07) is 12.4. The first-order chi connectivity index (χ1) is 10.3. The largest absolute Gasteiger partial charge is 0.469 e. The zero-order chi connectivity index (χ0) is 14.2. The summed E-state index contributed by atoms with van der Waals surface area (Å²) in [4.78, 5) is 0. The lowest BCUT2D eigenvalue weighted by molar-refractivity contribution is 0.458. The van der Waals surface area contributed by atoms with E-state index in [2.05, 4.69) is 32.2 Å². The van der Waals surface area contributed by atoms with Gasteiger partial charge in [-0.25, -0.2) is 0 Å². The molecule has 2 aromatic heterocycles. The number of fused-ring (bicyclic) bond motifs is 1. The zero-order valence-electron chi connectivity index (χ0n) is 11.8. The Morgan fingerprint density at radius 2 is 2.10 bits per heavy atom. The number of hydrogen-bond acceptors (Lipinski definition) is 4. The van der Waals surface area contributed by atoms with Gasteiger partial charge in [0.15, 0.2) is 11.6 Å². The van der Waals surface area contributed by atoms with Crippen LogP contribution in [0.25, 0.3) is 11.4 Å². The highest BCUT2D eigenvalue weighted by atomic mass is 16.3. The minimum atomic E-state index is 0.0918. The van der Waals surface area contributed by atoms with Gasteiger partial charge in [0.25, 0.3) is 0 Å². The van der Waals surface area contributed by atoms with E-state index < -0.39 is 0 Å². The molecule has 3 aromatic rings. The number of furan rings is 1. The van der Waals surface area contributed by atoms with Gasteiger partial charge in [-0.1, -0.05) is 30.3 Å². The van der Waals surface area contributed by atoms with Gasteiger partial charge in [-0.15, -0.1) is 10.2 Å². The summed E-state index contributed by atoms with van der Waals surface area (Å²) in [6.07, 6.45) is 1.74. The molecule has 1 atom stereocenters. The smallest absolute Gasteiger partial charge is 0.167 e. The highest BCUT2D eigenvalue weighted by Crippen LogP contribution is 2.28. The van der Waals surface area contributed by atoms with E-state index in [0.29, 0.717) is 0 Å². The van der Waals surface area contributed by atoms with Crippen LogP contribution in [0.1, 0.15) is 23.2 Å². The molecule has 0 amide bonds. The van der Waals surface area contributed by atoms with Gasteiger partial charge in [0.2, 0.25) is 0 Å². The number of rotatable bonds is 2. The van der Waals surface area contributed by atoms with Crippen molar-refractivity contribution in [2.24, 2.45) is 0 Å². The Kier molecular flexibility index (Phi) is 2.86. The molecule has 0 fully saturated rings. The normalized spacial score (nSPS) is 17.7. The Morgan fingerprint density at radius 3 is 2.86 bits per heavy atom. The fourth-order valence-electron chi connectivity index (χ4n) is 2.85. The van der Waals surface area contributed by atoms with E-state index in [4.69, 9.17) is 4.42 Å². The first-order valence-corrected chi connectivity index (χ1v) is 7.10. The van der Waals surface area contributed by atoms with Crippen LogP contribution in [-0.2, 0) is 6.54 Å². The third kappa shape index (κ3) is 2.06. The fraction of sp³-hybridized carbons (Fsp3) is 0.250. The topological polar surface area (TPSA) is 55.9 Å². The molecular weight excluding hydrogens is 264 g/mol. The molecule has 0 aliphatic carbocycles. The Morgan fingerprint density at radius 1 is 1.24 bits per heavy atom. The minimum Gasteiger partial charge on any atom is -0.469 e. The SMILES string of the molecule is Cc1cc(-c2nnc3n2CCNC3c2ccccc2)co1. The summed E-state index contributed by atoms with van der Waals surface area (Å²) in [5, 5.41) is 12.3. The van der Waals surface area contributed by atoms with E-state index in [-0.39, 0.29) is 6.04 Å². The average molecular weight is 280 g/mol. The maximum atomic E-state index is 5.39.